The van der Waals surface area contributed by atoms with Gasteiger partial charge in [-0.2, -0.15) is 22.0 Å². The second-order valence-corrected chi connectivity index (χ2v) is 6.60. The van der Waals surface area contributed by atoms with Crippen LogP contribution >= 0.6 is 0 Å². The van der Waals surface area contributed by atoms with Crippen molar-refractivity contribution in [3.05, 3.63) is 53.6 Å². The molecule has 2 atom stereocenters. The van der Waals surface area contributed by atoms with Gasteiger partial charge in [-0.1, -0.05) is 24.1 Å². The van der Waals surface area contributed by atoms with E-state index in [9.17, 15) is 31.9 Å². The van der Waals surface area contributed by atoms with Crippen LogP contribution in [0.1, 0.15) is 11.1 Å². The van der Waals surface area contributed by atoms with Gasteiger partial charge in [0, 0.05) is 11.5 Å². The summed E-state index contributed by atoms with van der Waals surface area (Å²) in [5.41, 5.74) is -1.09. The SMILES string of the molecule is O=C(C#Cc1ccc(-c2ccc(OC(F)F)cc2)c(C(F)(F)F)c1)N[C@H]1COC[C@H]1O. The third-order valence-electron chi connectivity index (χ3n) is 4.40. The summed E-state index contributed by atoms with van der Waals surface area (Å²) >= 11 is 0. The first-order valence-electron chi connectivity index (χ1n) is 8.98. The van der Waals surface area contributed by atoms with E-state index in [2.05, 4.69) is 21.9 Å². The number of rotatable bonds is 4. The number of hydrogen-bond donors (Lipinski definition) is 2. The average Bonchev–Trinajstić information content (AvgIpc) is 3.10. The zero-order valence-corrected chi connectivity index (χ0v) is 15.7. The van der Waals surface area contributed by atoms with Crippen LogP contribution in [0.15, 0.2) is 42.5 Å². The number of hydrogen-bond acceptors (Lipinski definition) is 4. The fraction of sp³-hybridized carbons (Fsp3) is 0.286. The monoisotopic (exact) mass is 441 g/mol. The summed E-state index contributed by atoms with van der Waals surface area (Å²) in [4.78, 5) is 11.9. The normalized spacial score (nSPS) is 18.4. The molecular formula is C21H16F5NO4. The van der Waals surface area contributed by atoms with Crippen molar-refractivity contribution in [2.75, 3.05) is 13.2 Å². The molecule has 0 aromatic heterocycles. The summed E-state index contributed by atoms with van der Waals surface area (Å²) in [6.07, 6.45) is -5.60. The van der Waals surface area contributed by atoms with Crippen LogP contribution in [0.3, 0.4) is 0 Å². The van der Waals surface area contributed by atoms with Crippen LogP contribution in [-0.4, -0.2) is 43.0 Å². The molecule has 10 heteroatoms. The fourth-order valence-electron chi connectivity index (χ4n) is 2.94. The van der Waals surface area contributed by atoms with Crippen molar-refractivity contribution in [2.24, 2.45) is 0 Å². The number of ether oxygens (including phenoxy) is 2. The Morgan fingerprint density at radius 3 is 2.45 bits per heavy atom. The molecule has 2 aromatic carbocycles. The van der Waals surface area contributed by atoms with Gasteiger partial charge in [0.05, 0.1) is 30.9 Å². The maximum absolute atomic E-state index is 13.6. The Labute approximate surface area is 173 Å². The topological polar surface area (TPSA) is 67.8 Å². The highest BCUT2D eigenvalue weighted by Crippen LogP contribution is 2.38. The number of amides is 1. The molecule has 1 heterocycles. The minimum atomic E-state index is -4.72. The highest BCUT2D eigenvalue weighted by Gasteiger charge is 2.34. The molecular weight excluding hydrogens is 425 g/mol. The number of aliphatic hydroxyl groups excluding tert-OH is 1. The number of benzene rings is 2. The van der Waals surface area contributed by atoms with Crippen molar-refractivity contribution < 1.29 is 41.3 Å². The zero-order chi connectivity index (χ0) is 22.6. The van der Waals surface area contributed by atoms with Crippen LogP contribution in [-0.2, 0) is 15.7 Å². The molecule has 1 aliphatic rings. The lowest BCUT2D eigenvalue weighted by Crippen LogP contribution is -2.41. The van der Waals surface area contributed by atoms with Crippen LogP contribution < -0.4 is 10.1 Å². The highest BCUT2D eigenvalue weighted by molar-refractivity contribution is 5.94. The van der Waals surface area contributed by atoms with E-state index in [1.807, 2.05) is 0 Å². The first kappa shape index (κ1) is 22.5. The van der Waals surface area contributed by atoms with Crippen molar-refractivity contribution in [3.63, 3.8) is 0 Å². The minimum absolute atomic E-state index is 0.0490. The standard InChI is InChI=1S/C21H16F5NO4/c22-20(23)31-14-5-3-13(4-6-14)15-7-1-12(9-16(15)21(24,25)26)2-8-19(29)27-17-10-30-11-18(17)28/h1,3-7,9,17-18,20,28H,10-11H2,(H,27,29)/t17-,18+/m0/s1. The smallest absolute Gasteiger partial charge is 0.417 e. The molecule has 1 aliphatic heterocycles. The minimum Gasteiger partial charge on any atom is -0.435 e. The van der Waals surface area contributed by atoms with Gasteiger partial charge in [0.25, 0.3) is 5.91 Å². The average molecular weight is 441 g/mol. The molecule has 0 radical (unpaired) electrons. The van der Waals surface area contributed by atoms with Gasteiger partial charge in [-0.05, 0) is 35.4 Å². The number of alkyl halides is 5. The Kier molecular flexibility index (Phi) is 6.77. The number of halogens is 5. The fourth-order valence-corrected chi connectivity index (χ4v) is 2.94. The second-order valence-electron chi connectivity index (χ2n) is 6.60. The van der Waals surface area contributed by atoms with Gasteiger partial charge in [0.1, 0.15) is 5.75 Å². The zero-order valence-electron chi connectivity index (χ0n) is 15.7. The van der Waals surface area contributed by atoms with Gasteiger partial charge in [0.15, 0.2) is 0 Å². The number of carbonyl (C=O) groups excluding carboxylic acids is 1. The lowest BCUT2D eigenvalue weighted by atomic mass is 9.97. The quantitative estimate of drug-likeness (QED) is 0.565. The maximum Gasteiger partial charge on any atom is 0.417 e. The highest BCUT2D eigenvalue weighted by atomic mass is 19.4. The lowest BCUT2D eigenvalue weighted by Gasteiger charge is -2.14. The van der Waals surface area contributed by atoms with Crippen molar-refractivity contribution >= 4 is 5.91 Å². The van der Waals surface area contributed by atoms with Gasteiger partial charge in [-0.25, -0.2) is 0 Å². The lowest BCUT2D eigenvalue weighted by molar-refractivity contribution is -0.137. The Bertz CT molecular complexity index is 996. The molecule has 31 heavy (non-hydrogen) atoms. The third-order valence-corrected chi connectivity index (χ3v) is 4.40. The van der Waals surface area contributed by atoms with E-state index in [-0.39, 0.29) is 35.7 Å². The van der Waals surface area contributed by atoms with E-state index in [1.165, 1.54) is 24.3 Å². The molecule has 1 saturated heterocycles. The number of aliphatic hydroxyl groups is 1. The molecule has 2 N–H and O–H groups in total. The molecule has 0 aliphatic carbocycles. The largest absolute Gasteiger partial charge is 0.435 e. The summed E-state index contributed by atoms with van der Waals surface area (Å²) in [5, 5.41) is 12.0. The van der Waals surface area contributed by atoms with Crippen molar-refractivity contribution in [2.45, 2.75) is 24.9 Å². The Hall–Kier alpha value is -3.16. The summed E-state index contributed by atoms with van der Waals surface area (Å²) in [6, 6.07) is 7.40. The van der Waals surface area contributed by atoms with E-state index >= 15 is 0 Å². The summed E-state index contributed by atoms with van der Waals surface area (Å²) in [5.74, 6) is 3.61. The molecule has 5 nitrogen and oxygen atoms in total. The first-order chi connectivity index (χ1) is 14.6. The summed E-state index contributed by atoms with van der Waals surface area (Å²) < 4.78 is 74.4. The number of nitrogens with one attached hydrogen (secondary N) is 1. The Morgan fingerprint density at radius 1 is 1.16 bits per heavy atom. The molecule has 2 aromatic rings. The summed E-state index contributed by atoms with van der Waals surface area (Å²) in [7, 11) is 0. The van der Waals surface area contributed by atoms with Crippen molar-refractivity contribution in [1.29, 1.82) is 0 Å². The molecule has 0 bridgehead atoms. The van der Waals surface area contributed by atoms with Crippen molar-refractivity contribution in [1.82, 2.24) is 5.32 Å². The molecule has 0 unspecified atom stereocenters. The Balaban J connectivity index is 1.83. The van der Waals surface area contributed by atoms with Crippen LogP contribution in [0.25, 0.3) is 11.1 Å². The predicted octanol–water partition coefficient (Wildman–Crippen LogP) is 3.20. The molecule has 0 saturated carbocycles. The molecule has 1 fully saturated rings. The Morgan fingerprint density at radius 2 is 1.87 bits per heavy atom. The number of carbonyl (C=O) groups is 1. The van der Waals surface area contributed by atoms with E-state index < -0.39 is 36.4 Å². The van der Waals surface area contributed by atoms with Gasteiger partial charge in [-0.15, -0.1) is 0 Å². The third kappa shape index (κ3) is 5.93. The van der Waals surface area contributed by atoms with Gasteiger partial charge in [-0.3, -0.25) is 4.79 Å². The first-order valence-corrected chi connectivity index (χ1v) is 8.98. The van der Waals surface area contributed by atoms with Gasteiger partial charge < -0.3 is 19.9 Å². The maximum atomic E-state index is 13.6. The van der Waals surface area contributed by atoms with Crippen LogP contribution in [0.4, 0.5) is 22.0 Å². The summed E-state index contributed by atoms with van der Waals surface area (Å²) in [6.45, 7) is -2.86. The van der Waals surface area contributed by atoms with E-state index in [4.69, 9.17) is 4.74 Å². The van der Waals surface area contributed by atoms with Crippen LogP contribution in [0.2, 0.25) is 0 Å². The second kappa shape index (κ2) is 9.32. The van der Waals surface area contributed by atoms with E-state index in [0.717, 1.165) is 18.2 Å². The van der Waals surface area contributed by atoms with Gasteiger partial charge >= 0.3 is 12.8 Å². The molecule has 164 valence electrons. The predicted molar refractivity (Wildman–Crippen MR) is 99.1 cm³/mol. The van der Waals surface area contributed by atoms with Crippen molar-refractivity contribution in [3.8, 4) is 28.7 Å². The van der Waals surface area contributed by atoms with Crippen LogP contribution in [0, 0.1) is 11.8 Å². The molecule has 3 rings (SSSR count). The molecule has 0 spiro atoms. The van der Waals surface area contributed by atoms with E-state index in [1.54, 1.807) is 0 Å². The molecule has 1 amide bonds. The van der Waals surface area contributed by atoms with Gasteiger partial charge in [0.2, 0.25) is 0 Å². The van der Waals surface area contributed by atoms with Crippen LogP contribution in [0.5, 0.6) is 5.75 Å². The van der Waals surface area contributed by atoms with E-state index in [0.29, 0.717) is 0 Å².